The maximum absolute atomic E-state index is 10.1. The van der Waals surface area contributed by atoms with E-state index in [1.807, 2.05) is 13.0 Å². The SMILES string of the molecule is C=C/C=C(\C)C(O)CC1CN(c2ccc(C)c(C)c2)C1. The summed E-state index contributed by atoms with van der Waals surface area (Å²) >= 11 is 0. The van der Waals surface area contributed by atoms with E-state index in [0.717, 1.165) is 25.1 Å². The van der Waals surface area contributed by atoms with Crippen LogP contribution in [0, 0.1) is 19.8 Å². The first-order chi connectivity index (χ1) is 9.51. The summed E-state index contributed by atoms with van der Waals surface area (Å²) in [4.78, 5) is 2.39. The minimum atomic E-state index is -0.333. The number of nitrogens with zero attached hydrogens (tertiary/aromatic N) is 1. The van der Waals surface area contributed by atoms with Crippen molar-refractivity contribution in [2.45, 2.75) is 33.3 Å². The Hall–Kier alpha value is -1.54. The van der Waals surface area contributed by atoms with Crippen molar-refractivity contribution in [2.75, 3.05) is 18.0 Å². The highest BCUT2D eigenvalue weighted by atomic mass is 16.3. The van der Waals surface area contributed by atoms with Crippen LogP contribution in [0.25, 0.3) is 0 Å². The predicted molar refractivity (Wildman–Crippen MR) is 86.2 cm³/mol. The lowest BCUT2D eigenvalue weighted by atomic mass is 9.90. The number of rotatable bonds is 5. The number of aliphatic hydroxyl groups is 1. The number of hydrogen-bond donors (Lipinski definition) is 1. The zero-order valence-electron chi connectivity index (χ0n) is 12.8. The Kier molecular flexibility index (Phi) is 4.66. The molecule has 0 saturated carbocycles. The van der Waals surface area contributed by atoms with E-state index in [2.05, 4.69) is 43.5 Å². The fraction of sp³-hybridized carbons (Fsp3) is 0.444. The second kappa shape index (κ2) is 6.27. The van der Waals surface area contributed by atoms with Gasteiger partial charge in [0.1, 0.15) is 0 Å². The van der Waals surface area contributed by atoms with Crippen LogP contribution in [-0.2, 0) is 0 Å². The maximum atomic E-state index is 10.1. The van der Waals surface area contributed by atoms with E-state index in [1.54, 1.807) is 6.08 Å². The molecule has 0 spiro atoms. The Morgan fingerprint density at radius 3 is 2.70 bits per heavy atom. The van der Waals surface area contributed by atoms with Crippen molar-refractivity contribution in [3.8, 4) is 0 Å². The molecule has 2 heteroatoms. The second-order valence-corrected chi connectivity index (χ2v) is 5.94. The lowest BCUT2D eigenvalue weighted by Crippen LogP contribution is -2.48. The summed E-state index contributed by atoms with van der Waals surface area (Å²) in [6.45, 7) is 12.0. The Morgan fingerprint density at radius 1 is 1.40 bits per heavy atom. The van der Waals surface area contributed by atoms with Gasteiger partial charge in [-0.3, -0.25) is 0 Å². The molecule has 1 unspecified atom stereocenters. The molecule has 0 amide bonds. The minimum absolute atomic E-state index is 0.333. The van der Waals surface area contributed by atoms with E-state index in [9.17, 15) is 5.11 Å². The first-order valence-corrected chi connectivity index (χ1v) is 7.30. The number of benzene rings is 1. The van der Waals surface area contributed by atoms with Crippen LogP contribution in [0.15, 0.2) is 42.5 Å². The molecule has 0 bridgehead atoms. The summed E-state index contributed by atoms with van der Waals surface area (Å²) in [6, 6.07) is 6.63. The van der Waals surface area contributed by atoms with Crippen molar-refractivity contribution in [3.05, 3.63) is 53.6 Å². The molecule has 0 radical (unpaired) electrons. The van der Waals surface area contributed by atoms with Crippen LogP contribution in [0.1, 0.15) is 24.5 Å². The molecule has 1 N–H and O–H groups in total. The van der Waals surface area contributed by atoms with Crippen molar-refractivity contribution < 1.29 is 5.11 Å². The van der Waals surface area contributed by atoms with Crippen molar-refractivity contribution in [3.63, 3.8) is 0 Å². The van der Waals surface area contributed by atoms with Crippen LogP contribution in [-0.4, -0.2) is 24.3 Å². The molecule has 1 heterocycles. The third-order valence-electron chi connectivity index (χ3n) is 4.28. The molecule has 1 aromatic carbocycles. The smallest absolute Gasteiger partial charge is 0.0754 e. The van der Waals surface area contributed by atoms with Gasteiger partial charge in [0.25, 0.3) is 0 Å². The van der Waals surface area contributed by atoms with Gasteiger partial charge in [0.05, 0.1) is 6.10 Å². The highest BCUT2D eigenvalue weighted by molar-refractivity contribution is 5.52. The van der Waals surface area contributed by atoms with Crippen LogP contribution < -0.4 is 4.90 Å². The Balaban J connectivity index is 1.87. The van der Waals surface area contributed by atoms with Crippen LogP contribution in [0.4, 0.5) is 5.69 Å². The van der Waals surface area contributed by atoms with Gasteiger partial charge in [0.15, 0.2) is 0 Å². The largest absolute Gasteiger partial charge is 0.389 e. The summed E-state index contributed by atoms with van der Waals surface area (Å²) < 4.78 is 0. The van der Waals surface area contributed by atoms with Crippen molar-refractivity contribution in [2.24, 2.45) is 5.92 Å². The molecule has 20 heavy (non-hydrogen) atoms. The number of allylic oxidation sites excluding steroid dienone is 2. The zero-order valence-corrected chi connectivity index (χ0v) is 12.8. The number of anilines is 1. The lowest BCUT2D eigenvalue weighted by Gasteiger charge is -2.42. The third kappa shape index (κ3) is 3.31. The van der Waals surface area contributed by atoms with Gasteiger partial charge in [-0.25, -0.2) is 0 Å². The van der Waals surface area contributed by atoms with Gasteiger partial charge in [-0.1, -0.05) is 24.8 Å². The molecule has 2 nitrogen and oxygen atoms in total. The number of hydrogen-bond acceptors (Lipinski definition) is 2. The quantitative estimate of drug-likeness (QED) is 0.827. The average molecular weight is 271 g/mol. The molecule has 1 atom stereocenters. The van der Waals surface area contributed by atoms with Gasteiger partial charge in [-0.2, -0.15) is 0 Å². The summed E-state index contributed by atoms with van der Waals surface area (Å²) in [7, 11) is 0. The molecular formula is C18H25NO. The minimum Gasteiger partial charge on any atom is -0.389 e. The van der Waals surface area contributed by atoms with Gasteiger partial charge < -0.3 is 10.0 Å². The molecular weight excluding hydrogens is 246 g/mol. The predicted octanol–water partition coefficient (Wildman–Crippen LogP) is 3.62. The van der Waals surface area contributed by atoms with Gasteiger partial charge in [-0.15, -0.1) is 0 Å². The van der Waals surface area contributed by atoms with Crippen molar-refractivity contribution in [1.29, 1.82) is 0 Å². The summed E-state index contributed by atoms with van der Waals surface area (Å²) in [5.74, 6) is 0.583. The zero-order chi connectivity index (χ0) is 14.7. The van der Waals surface area contributed by atoms with E-state index in [0.29, 0.717) is 5.92 Å². The average Bonchev–Trinajstić information content (AvgIpc) is 2.37. The normalized spacial score (nSPS) is 17.8. The van der Waals surface area contributed by atoms with E-state index >= 15 is 0 Å². The van der Waals surface area contributed by atoms with Crippen LogP contribution in [0.2, 0.25) is 0 Å². The van der Waals surface area contributed by atoms with Crippen LogP contribution >= 0.6 is 0 Å². The van der Waals surface area contributed by atoms with Crippen LogP contribution in [0.5, 0.6) is 0 Å². The topological polar surface area (TPSA) is 23.5 Å². The monoisotopic (exact) mass is 271 g/mol. The van der Waals surface area contributed by atoms with E-state index in [-0.39, 0.29) is 6.10 Å². The van der Waals surface area contributed by atoms with E-state index in [4.69, 9.17) is 0 Å². The molecule has 108 valence electrons. The highest BCUT2D eigenvalue weighted by Crippen LogP contribution is 2.29. The molecule has 1 aliphatic rings. The molecule has 1 fully saturated rings. The second-order valence-electron chi connectivity index (χ2n) is 5.94. The summed E-state index contributed by atoms with van der Waals surface area (Å²) in [5.41, 5.74) is 4.99. The Morgan fingerprint density at radius 2 is 2.10 bits per heavy atom. The van der Waals surface area contributed by atoms with Gasteiger partial charge >= 0.3 is 0 Å². The Bertz CT molecular complexity index is 512. The molecule has 1 saturated heterocycles. The lowest BCUT2D eigenvalue weighted by molar-refractivity contribution is 0.164. The number of aryl methyl sites for hydroxylation is 2. The van der Waals surface area contributed by atoms with E-state index in [1.165, 1.54) is 16.8 Å². The van der Waals surface area contributed by atoms with Gasteiger partial charge in [-0.05, 0) is 61.9 Å². The number of aliphatic hydroxyl groups excluding tert-OH is 1. The molecule has 1 aromatic rings. The van der Waals surface area contributed by atoms with Crippen molar-refractivity contribution in [1.82, 2.24) is 0 Å². The summed E-state index contributed by atoms with van der Waals surface area (Å²) in [5, 5.41) is 10.1. The fourth-order valence-electron chi connectivity index (χ4n) is 2.65. The molecule has 0 aliphatic carbocycles. The maximum Gasteiger partial charge on any atom is 0.0754 e. The first-order valence-electron chi connectivity index (χ1n) is 7.30. The fourth-order valence-corrected chi connectivity index (χ4v) is 2.65. The summed E-state index contributed by atoms with van der Waals surface area (Å²) in [6.07, 6.45) is 4.14. The molecule has 0 aromatic heterocycles. The standard InChI is InChI=1S/C18H25NO/c1-5-6-14(3)18(20)10-16-11-19(12-16)17-8-7-13(2)15(4)9-17/h5-9,16,18,20H,1,10-12H2,2-4H3/b14-6+. The molecule has 2 rings (SSSR count). The highest BCUT2D eigenvalue weighted by Gasteiger charge is 2.29. The van der Waals surface area contributed by atoms with E-state index < -0.39 is 0 Å². The first kappa shape index (κ1) is 14.9. The van der Waals surface area contributed by atoms with Crippen molar-refractivity contribution >= 4 is 5.69 Å². The van der Waals surface area contributed by atoms with Gasteiger partial charge in [0.2, 0.25) is 0 Å². The third-order valence-corrected chi connectivity index (χ3v) is 4.28. The van der Waals surface area contributed by atoms with Crippen LogP contribution in [0.3, 0.4) is 0 Å². The van der Waals surface area contributed by atoms with Gasteiger partial charge in [0, 0.05) is 18.8 Å². The molecule has 1 aliphatic heterocycles. The Labute approximate surface area is 122 Å².